The van der Waals surface area contributed by atoms with Gasteiger partial charge in [-0.3, -0.25) is 14.4 Å². The van der Waals surface area contributed by atoms with Gasteiger partial charge >= 0.3 is 17.9 Å². The average Bonchev–Trinajstić information content (AvgIpc) is 3.26. The molecule has 1 atom stereocenters. The molecule has 0 rings (SSSR count). The fraction of sp³-hybridized carbons (Fsp3) is 0.949. The standard InChI is InChI=1S/C59H114O6/c1-53(2)45-39-33-27-22-18-14-10-7-8-12-16-20-24-30-36-42-48-57(60)63-51-56(65-59(62)50-44-38-32-26-29-35-41-47-55(5)6)52-64-58(61)49-43-37-31-25-21-17-13-9-11-15-19-23-28-34-40-46-54(3)4/h53-56H,7-52H2,1-6H3/t56-/m1/s1. The second-order valence-corrected chi connectivity index (χ2v) is 21.7. The van der Waals surface area contributed by atoms with Crippen LogP contribution < -0.4 is 0 Å². The van der Waals surface area contributed by atoms with Gasteiger partial charge in [0.05, 0.1) is 0 Å². The predicted octanol–water partition coefficient (Wildman–Crippen LogP) is 19.1. The highest BCUT2D eigenvalue weighted by molar-refractivity contribution is 5.71. The summed E-state index contributed by atoms with van der Waals surface area (Å²) in [6.45, 7) is 13.7. The summed E-state index contributed by atoms with van der Waals surface area (Å²) in [7, 11) is 0. The van der Waals surface area contributed by atoms with Gasteiger partial charge in [0.2, 0.25) is 0 Å². The fourth-order valence-electron chi connectivity index (χ4n) is 9.00. The third-order valence-electron chi connectivity index (χ3n) is 13.4. The summed E-state index contributed by atoms with van der Waals surface area (Å²) in [6.07, 6.45) is 52.5. The quantitative estimate of drug-likeness (QED) is 0.0344. The third kappa shape index (κ3) is 53.2. The molecule has 0 spiro atoms. The van der Waals surface area contributed by atoms with Gasteiger partial charge in [-0.15, -0.1) is 0 Å². The van der Waals surface area contributed by atoms with Crippen molar-refractivity contribution in [3.8, 4) is 0 Å². The van der Waals surface area contributed by atoms with Crippen LogP contribution in [0.1, 0.15) is 324 Å². The summed E-state index contributed by atoms with van der Waals surface area (Å²) >= 11 is 0. The fourth-order valence-corrected chi connectivity index (χ4v) is 9.00. The van der Waals surface area contributed by atoms with Gasteiger partial charge in [0.15, 0.2) is 6.10 Å². The van der Waals surface area contributed by atoms with Crippen molar-refractivity contribution in [3.05, 3.63) is 0 Å². The van der Waals surface area contributed by atoms with Crippen molar-refractivity contribution >= 4 is 17.9 Å². The molecule has 0 amide bonds. The van der Waals surface area contributed by atoms with Crippen molar-refractivity contribution < 1.29 is 28.6 Å². The largest absolute Gasteiger partial charge is 0.462 e. The molecule has 0 aromatic carbocycles. The number of esters is 3. The van der Waals surface area contributed by atoms with Crippen LogP contribution in [0.25, 0.3) is 0 Å². The van der Waals surface area contributed by atoms with Gasteiger partial charge < -0.3 is 14.2 Å². The average molecular weight is 920 g/mol. The normalized spacial score (nSPS) is 12.1. The SMILES string of the molecule is CC(C)CCCCCCCCCCCCCCCCCCC(=O)OC[C@H](COC(=O)CCCCCCCCCCCCCCCCCC(C)C)OC(=O)CCCCCCCCCC(C)C. The maximum Gasteiger partial charge on any atom is 0.306 e. The molecule has 65 heavy (non-hydrogen) atoms. The van der Waals surface area contributed by atoms with Gasteiger partial charge in [-0.2, -0.15) is 0 Å². The molecule has 0 saturated heterocycles. The van der Waals surface area contributed by atoms with Crippen LogP contribution in [0.2, 0.25) is 0 Å². The predicted molar refractivity (Wildman–Crippen MR) is 279 cm³/mol. The zero-order valence-corrected chi connectivity index (χ0v) is 44.8. The van der Waals surface area contributed by atoms with E-state index in [4.69, 9.17) is 14.2 Å². The number of hydrogen-bond acceptors (Lipinski definition) is 6. The smallest absolute Gasteiger partial charge is 0.306 e. The van der Waals surface area contributed by atoms with Crippen LogP contribution in [0.3, 0.4) is 0 Å². The van der Waals surface area contributed by atoms with E-state index in [2.05, 4.69) is 41.5 Å². The Labute approximate surface area is 406 Å². The Kier molecular flexibility index (Phi) is 49.1. The van der Waals surface area contributed by atoms with Gasteiger partial charge in [0.1, 0.15) is 13.2 Å². The maximum absolute atomic E-state index is 12.8. The maximum atomic E-state index is 12.8. The molecule has 0 aromatic rings. The molecule has 6 nitrogen and oxygen atoms in total. The van der Waals surface area contributed by atoms with Crippen LogP contribution in [-0.2, 0) is 28.6 Å². The first-order valence-corrected chi connectivity index (χ1v) is 29.1. The van der Waals surface area contributed by atoms with E-state index in [9.17, 15) is 14.4 Å². The highest BCUT2D eigenvalue weighted by Crippen LogP contribution is 2.18. The summed E-state index contributed by atoms with van der Waals surface area (Å²) in [5.41, 5.74) is 0. The molecular formula is C59H114O6. The Hall–Kier alpha value is -1.59. The summed E-state index contributed by atoms with van der Waals surface area (Å²) in [4.78, 5) is 38.1. The van der Waals surface area contributed by atoms with E-state index < -0.39 is 6.10 Å². The van der Waals surface area contributed by atoms with Crippen molar-refractivity contribution in [2.24, 2.45) is 17.8 Å². The summed E-state index contributed by atoms with van der Waals surface area (Å²) in [5.74, 6) is 1.63. The number of carbonyl (C=O) groups excluding carboxylic acids is 3. The van der Waals surface area contributed by atoms with Gasteiger partial charge in [-0.25, -0.2) is 0 Å². The van der Waals surface area contributed by atoms with E-state index >= 15 is 0 Å². The Morgan fingerprint density at radius 1 is 0.262 bits per heavy atom. The van der Waals surface area contributed by atoms with Crippen LogP contribution in [0.15, 0.2) is 0 Å². The first kappa shape index (κ1) is 63.4. The van der Waals surface area contributed by atoms with Crippen molar-refractivity contribution in [1.82, 2.24) is 0 Å². The van der Waals surface area contributed by atoms with E-state index in [0.29, 0.717) is 19.3 Å². The zero-order chi connectivity index (χ0) is 47.7. The van der Waals surface area contributed by atoms with Crippen molar-refractivity contribution in [2.45, 2.75) is 330 Å². The van der Waals surface area contributed by atoms with Crippen molar-refractivity contribution in [2.75, 3.05) is 13.2 Å². The first-order valence-electron chi connectivity index (χ1n) is 29.1. The second kappa shape index (κ2) is 50.3. The minimum atomic E-state index is -0.764. The lowest BCUT2D eigenvalue weighted by Crippen LogP contribution is -2.30. The summed E-state index contributed by atoms with van der Waals surface area (Å²) < 4.78 is 16.9. The van der Waals surface area contributed by atoms with Crippen LogP contribution in [0.5, 0.6) is 0 Å². The topological polar surface area (TPSA) is 78.9 Å². The number of hydrogen-bond donors (Lipinski definition) is 0. The molecule has 0 bridgehead atoms. The van der Waals surface area contributed by atoms with E-state index in [1.807, 2.05) is 0 Å². The zero-order valence-electron chi connectivity index (χ0n) is 44.8. The summed E-state index contributed by atoms with van der Waals surface area (Å²) in [6, 6.07) is 0. The first-order chi connectivity index (χ1) is 31.6. The van der Waals surface area contributed by atoms with Crippen molar-refractivity contribution in [3.63, 3.8) is 0 Å². The molecule has 0 saturated carbocycles. The van der Waals surface area contributed by atoms with Gasteiger partial charge in [-0.05, 0) is 37.0 Å². The van der Waals surface area contributed by atoms with Crippen LogP contribution in [0, 0.1) is 17.8 Å². The monoisotopic (exact) mass is 919 g/mol. The van der Waals surface area contributed by atoms with E-state index in [0.717, 1.165) is 75.5 Å². The lowest BCUT2D eigenvalue weighted by Gasteiger charge is -2.18. The lowest BCUT2D eigenvalue weighted by molar-refractivity contribution is -0.167. The number of rotatable bonds is 52. The Morgan fingerprint density at radius 2 is 0.446 bits per heavy atom. The van der Waals surface area contributed by atoms with Gasteiger partial charge in [0.25, 0.3) is 0 Å². The lowest BCUT2D eigenvalue weighted by atomic mass is 10.0. The van der Waals surface area contributed by atoms with E-state index in [-0.39, 0.29) is 31.1 Å². The van der Waals surface area contributed by atoms with E-state index in [1.165, 1.54) is 205 Å². The Morgan fingerprint density at radius 3 is 0.662 bits per heavy atom. The van der Waals surface area contributed by atoms with Crippen LogP contribution in [-0.4, -0.2) is 37.2 Å². The highest BCUT2D eigenvalue weighted by Gasteiger charge is 2.19. The molecule has 0 fully saturated rings. The highest BCUT2D eigenvalue weighted by atomic mass is 16.6. The molecule has 386 valence electrons. The molecule has 0 unspecified atom stereocenters. The second-order valence-electron chi connectivity index (χ2n) is 21.7. The number of ether oxygens (including phenoxy) is 3. The molecule has 6 heteroatoms. The Bertz CT molecular complexity index is 1010. The molecule has 0 aromatic heterocycles. The minimum Gasteiger partial charge on any atom is -0.462 e. The molecule has 0 aliphatic carbocycles. The number of carbonyl (C=O) groups is 3. The molecule has 0 N–H and O–H groups in total. The molecule has 0 heterocycles. The Balaban J connectivity index is 4.21. The molecule has 0 aliphatic heterocycles. The van der Waals surface area contributed by atoms with Gasteiger partial charge in [-0.1, -0.05) is 286 Å². The van der Waals surface area contributed by atoms with Crippen molar-refractivity contribution in [1.29, 1.82) is 0 Å². The third-order valence-corrected chi connectivity index (χ3v) is 13.4. The minimum absolute atomic E-state index is 0.0642. The molecule has 0 radical (unpaired) electrons. The number of unbranched alkanes of at least 4 members (excludes halogenated alkanes) is 35. The van der Waals surface area contributed by atoms with Crippen LogP contribution >= 0.6 is 0 Å². The molecular weight excluding hydrogens is 805 g/mol. The van der Waals surface area contributed by atoms with E-state index in [1.54, 1.807) is 0 Å². The van der Waals surface area contributed by atoms with Crippen LogP contribution in [0.4, 0.5) is 0 Å². The molecule has 0 aliphatic rings. The van der Waals surface area contributed by atoms with Gasteiger partial charge in [0, 0.05) is 19.3 Å². The summed E-state index contributed by atoms with van der Waals surface area (Å²) in [5, 5.41) is 0.